The minimum absolute atomic E-state index is 0. The first-order valence-electron chi connectivity index (χ1n) is 0. The minimum atomic E-state index is 0. The Morgan fingerprint density at radius 3 is 0.625 bits per heavy atom. The van der Waals surface area contributed by atoms with Crippen molar-refractivity contribution < 1.29 is 464 Å². The Hall–Kier alpha value is 14.6. The quantitative estimate of drug-likeness (QED) is 0.212. The van der Waals surface area contributed by atoms with E-state index in [-0.39, 0.29) is 491 Å². The molecule has 0 heterocycles. The Bertz CT molecular complexity index is 27.3. The van der Waals surface area contributed by atoms with E-state index in [2.05, 4.69) is 0 Å². The zero-order chi connectivity index (χ0) is 0. The van der Waals surface area contributed by atoms with Gasteiger partial charge < -0.3 is 9.99 Å². The van der Waals surface area contributed by atoms with Crippen molar-refractivity contribution in [3.05, 3.63) is 0 Å². The molecule has 0 aromatic rings. The molecule has 0 nitrogen and oxygen atoms in total. The third-order valence-electron chi connectivity index (χ3n) is 0. The zero-order valence-electron chi connectivity index (χ0n) is 14.6. The molecule has 0 aliphatic carbocycles. The molecule has 0 amide bonds. The predicted octanol–water partition coefficient (Wildman–Crippen LogP) is -20.6. The molecular weight excluding hydrogens is 993 g/mol. The van der Waals surface area contributed by atoms with Gasteiger partial charge in [-0.2, -0.15) is 0 Å². The molecule has 0 N–H and O–H groups in total. The second-order valence-corrected chi connectivity index (χ2v) is 0. The van der Waals surface area contributed by atoms with Gasteiger partial charge in [0, 0.05) is 27.3 Å². The molecule has 0 saturated carbocycles. The van der Waals surface area contributed by atoms with Crippen LogP contribution in [-0.2, 0) is 0 Å². The Kier molecular flexibility index (Phi) is 266. The average molecular weight is 1000 g/mol. The van der Waals surface area contributed by atoms with E-state index in [4.69, 9.17) is 0 Å². The Balaban J connectivity index is 0. The van der Waals surface area contributed by atoms with Crippen molar-refractivity contribution in [2.24, 2.45) is 0 Å². The molecule has 8 heteroatoms. The standard InChI is InChI=1S/5Cs.K.Rb.Tl.7H/q7*+1;;7*-1. The molecule has 0 fully saturated rings. The summed E-state index contributed by atoms with van der Waals surface area (Å²) < 4.78 is 0. The summed E-state index contributed by atoms with van der Waals surface area (Å²) in [6.45, 7) is 0. The van der Waals surface area contributed by atoms with Crippen molar-refractivity contribution in [1.82, 2.24) is 0 Å². The summed E-state index contributed by atoms with van der Waals surface area (Å²) in [5.74, 6) is 0. The second kappa shape index (κ2) is 43.0. The van der Waals surface area contributed by atoms with E-state index in [1.165, 1.54) is 0 Å². The largest absolute Gasteiger partial charge is 1.00 e. The third-order valence-corrected chi connectivity index (χ3v) is 0. The van der Waals surface area contributed by atoms with Crippen LogP contribution in [0.25, 0.3) is 0 Å². The molecule has 0 bridgehead atoms. The Morgan fingerprint density at radius 2 is 0.625 bits per heavy atom. The number of rotatable bonds is 0. The summed E-state index contributed by atoms with van der Waals surface area (Å²) in [4.78, 5) is 0. The normalized spacial score (nSPS) is 0. The van der Waals surface area contributed by atoms with Gasteiger partial charge in [-0.15, -0.1) is 0 Å². The van der Waals surface area contributed by atoms with E-state index in [9.17, 15) is 0 Å². The maximum Gasteiger partial charge on any atom is 1.00 e. The summed E-state index contributed by atoms with van der Waals surface area (Å²) in [5.41, 5.74) is 0. The molecule has 0 rings (SSSR count). The molecule has 0 unspecified atom stereocenters. The fraction of sp³-hybridized carbons (Fsp3) is 0. The fourth-order valence-corrected chi connectivity index (χ4v) is 0. The first-order valence-corrected chi connectivity index (χ1v) is 0. The minimum Gasteiger partial charge on any atom is -1.00 e. The topological polar surface area (TPSA) is 0 Å². The second-order valence-electron chi connectivity index (χ2n) is 0. The summed E-state index contributed by atoms with van der Waals surface area (Å²) in [7, 11) is 0. The first-order chi connectivity index (χ1) is 0. The van der Waals surface area contributed by atoms with Crippen LogP contribution < -0.4 is 454 Å². The molecule has 0 aromatic carbocycles. The van der Waals surface area contributed by atoms with Gasteiger partial charge in [0.1, 0.15) is 0 Å². The van der Waals surface area contributed by atoms with Crippen LogP contribution in [0, 0.1) is 0 Å². The fourth-order valence-electron chi connectivity index (χ4n) is 0. The molecule has 1 radical (unpaired) electrons. The van der Waals surface area contributed by atoms with E-state index >= 15 is 0 Å². The van der Waals surface area contributed by atoms with Gasteiger partial charge in [-0.25, -0.2) is 0 Å². The van der Waals surface area contributed by atoms with Crippen molar-refractivity contribution in [3.8, 4) is 0 Å². The molecule has 0 saturated heterocycles. The summed E-state index contributed by atoms with van der Waals surface area (Å²) in [5, 5.41) is 0. The molecule has 0 spiro atoms. The first kappa shape index (κ1) is 49.5. The van der Waals surface area contributed by atoms with Crippen molar-refractivity contribution in [2.75, 3.05) is 0 Å². The average Bonchev–Trinajstić information content (AvgIpc) is 0. The van der Waals surface area contributed by atoms with Gasteiger partial charge in [0.2, 0.25) is 0 Å². The van der Waals surface area contributed by atoms with Crippen molar-refractivity contribution in [1.29, 1.82) is 0 Å². The molecular formula is H7Cs5KRbTl. The zero-order valence-corrected chi connectivity index (χ0v) is 51.5. The maximum atomic E-state index is 0. The van der Waals surface area contributed by atoms with Gasteiger partial charge in [0.25, 0.3) is 0 Å². The van der Waals surface area contributed by atoms with Gasteiger partial charge in [-0.05, 0) is 0 Å². The Labute approximate surface area is 469 Å². The van der Waals surface area contributed by atoms with Crippen LogP contribution in [0.3, 0.4) is 0 Å². The van der Waals surface area contributed by atoms with Crippen LogP contribution in [0.2, 0.25) is 0 Å². The molecule has 0 aliphatic heterocycles. The van der Waals surface area contributed by atoms with Gasteiger partial charge in [0.15, 0.2) is 0 Å². The summed E-state index contributed by atoms with van der Waals surface area (Å²) in [6.07, 6.45) is 0. The predicted molar refractivity (Wildman–Crippen MR) is 13.5 cm³/mol. The molecule has 0 aromatic heterocycles. The van der Waals surface area contributed by atoms with Crippen molar-refractivity contribution in [2.45, 2.75) is 0 Å². The van der Waals surface area contributed by atoms with Crippen LogP contribution >= 0.6 is 0 Å². The van der Waals surface area contributed by atoms with Gasteiger partial charge >= 0.3 is 454 Å². The SMILES string of the molecule is [Cs+].[Cs+].[Cs+].[Cs+].[Cs+].[H-].[H-].[H-].[H-].[H-].[H-].[H-].[K+].[Rb+].[Tl]. The van der Waals surface area contributed by atoms with Crippen LogP contribution in [0.4, 0.5) is 0 Å². The van der Waals surface area contributed by atoms with Gasteiger partial charge in [0.05, 0.1) is 0 Å². The third kappa shape index (κ3) is 37.1. The van der Waals surface area contributed by atoms with Crippen LogP contribution in [0.5, 0.6) is 0 Å². The molecule has 0 atom stereocenters. The van der Waals surface area contributed by atoms with E-state index in [1.807, 2.05) is 0 Å². The molecule has 8 heavy (non-hydrogen) atoms. The van der Waals surface area contributed by atoms with Crippen LogP contribution in [0.1, 0.15) is 9.99 Å². The van der Waals surface area contributed by atoms with Crippen LogP contribution in [-0.4, -0.2) is 27.3 Å². The number of hydrogen-bond donors (Lipinski definition) is 0. The monoisotopic (exact) mass is 1000 g/mol. The van der Waals surface area contributed by atoms with Gasteiger partial charge in [-0.3, -0.25) is 0 Å². The van der Waals surface area contributed by atoms with E-state index in [0.717, 1.165) is 0 Å². The smallest absolute Gasteiger partial charge is 1.00 e. The van der Waals surface area contributed by atoms with Crippen molar-refractivity contribution in [3.63, 3.8) is 0 Å². The Morgan fingerprint density at radius 1 is 0.625 bits per heavy atom. The van der Waals surface area contributed by atoms with Crippen molar-refractivity contribution >= 4 is 27.3 Å². The number of hydrogen-bond acceptors (Lipinski definition) is 0. The van der Waals surface area contributed by atoms with Crippen LogP contribution in [0.15, 0.2) is 0 Å². The van der Waals surface area contributed by atoms with E-state index in [0.29, 0.717) is 0 Å². The van der Waals surface area contributed by atoms with E-state index < -0.39 is 0 Å². The van der Waals surface area contributed by atoms with Gasteiger partial charge in [-0.1, -0.05) is 0 Å². The molecule has 0 aliphatic rings. The maximum absolute atomic E-state index is 0. The summed E-state index contributed by atoms with van der Waals surface area (Å²) in [6, 6.07) is 0. The van der Waals surface area contributed by atoms with E-state index in [1.54, 1.807) is 0 Å². The summed E-state index contributed by atoms with van der Waals surface area (Å²) >= 11 is 0. The molecule has 17 valence electrons.